The van der Waals surface area contributed by atoms with Crippen molar-refractivity contribution in [3.05, 3.63) is 66.2 Å². The first kappa shape index (κ1) is 19.2. The minimum atomic E-state index is -1.40. The highest BCUT2D eigenvalue weighted by atomic mass is 16.6. The Hall–Kier alpha value is -2.17. The van der Waals surface area contributed by atoms with Gasteiger partial charge in [0.2, 0.25) is 0 Å². The SMILES string of the molecule is O=C(Oc1ccccc1)[C@@](O)(C1CCCC1)[C@H]1CCN(Cc2ccccc2)C1. The molecule has 0 bridgehead atoms. The first-order valence-electron chi connectivity index (χ1n) is 10.4. The van der Waals surface area contributed by atoms with Crippen molar-refractivity contribution in [2.45, 2.75) is 44.2 Å². The summed E-state index contributed by atoms with van der Waals surface area (Å²) in [7, 11) is 0. The van der Waals surface area contributed by atoms with Gasteiger partial charge in [0.15, 0.2) is 5.60 Å². The van der Waals surface area contributed by atoms with Gasteiger partial charge in [-0.05, 0) is 49.4 Å². The van der Waals surface area contributed by atoms with Gasteiger partial charge in [0.1, 0.15) is 5.75 Å². The zero-order valence-corrected chi connectivity index (χ0v) is 16.3. The normalized spacial score (nSPS) is 22.8. The Morgan fingerprint density at radius 2 is 1.61 bits per heavy atom. The van der Waals surface area contributed by atoms with Gasteiger partial charge in [-0.3, -0.25) is 4.90 Å². The third-order valence-electron chi connectivity index (χ3n) is 6.40. The van der Waals surface area contributed by atoms with Gasteiger partial charge in [-0.15, -0.1) is 0 Å². The van der Waals surface area contributed by atoms with Crippen LogP contribution in [0.5, 0.6) is 5.75 Å². The lowest BCUT2D eigenvalue weighted by Gasteiger charge is -2.36. The molecule has 2 aromatic rings. The van der Waals surface area contributed by atoms with Crippen molar-refractivity contribution >= 4 is 5.97 Å². The van der Waals surface area contributed by atoms with Gasteiger partial charge in [0, 0.05) is 19.0 Å². The average Bonchev–Trinajstić information content (AvgIpc) is 3.42. The van der Waals surface area contributed by atoms with E-state index in [4.69, 9.17) is 4.74 Å². The van der Waals surface area contributed by atoms with Crippen LogP contribution >= 0.6 is 0 Å². The minimum Gasteiger partial charge on any atom is -0.424 e. The number of para-hydroxylation sites is 1. The van der Waals surface area contributed by atoms with Crippen molar-refractivity contribution in [1.29, 1.82) is 0 Å². The molecule has 148 valence electrons. The number of carbonyl (C=O) groups excluding carboxylic acids is 1. The van der Waals surface area contributed by atoms with Crippen LogP contribution in [-0.4, -0.2) is 34.7 Å². The van der Waals surface area contributed by atoms with Gasteiger partial charge >= 0.3 is 5.97 Å². The summed E-state index contributed by atoms with van der Waals surface area (Å²) in [6.07, 6.45) is 4.77. The number of carbonyl (C=O) groups is 1. The smallest absolute Gasteiger partial charge is 0.344 e. The first-order valence-corrected chi connectivity index (χ1v) is 10.4. The van der Waals surface area contributed by atoms with Crippen LogP contribution in [0.2, 0.25) is 0 Å². The molecule has 0 spiro atoms. The number of hydrogen-bond donors (Lipinski definition) is 1. The van der Waals surface area contributed by atoms with E-state index in [1.807, 2.05) is 24.3 Å². The maximum Gasteiger partial charge on any atom is 0.344 e. The molecule has 1 saturated carbocycles. The highest BCUT2D eigenvalue weighted by Crippen LogP contribution is 2.43. The Labute approximate surface area is 167 Å². The van der Waals surface area contributed by atoms with E-state index in [9.17, 15) is 9.90 Å². The first-order chi connectivity index (χ1) is 13.7. The number of hydrogen-bond acceptors (Lipinski definition) is 4. The molecule has 1 aliphatic carbocycles. The van der Waals surface area contributed by atoms with Crippen LogP contribution in [0.25, 0.3) is 0 Å². The van der Waals surface area contributed by atoms with Crippen molar-refractivity contribution < 1.29 is 14.6 Å². The molecule has 0 unspecified atom stereocenters. The zero-order chi connectivity index (χ0) is 19.4. The van der Waals surface area contributed by atoms with Gasteiger partial charge in [0.05, 0.1) is 0 Å². The predicted octanol–water partition coefficient (Wildman–Crippen LogP) is 4.04. The molecule has 4 nitrogen and oxygen atoms in total. The van der Waals surface area contributed by atoms with Crippen molar-refractivity contribution in [3.63, 3.8) is 0 Å². The lowest BCUT2D eigenvalue weighted by atomic mass is 9.75. The van der Waals surface area contributed by atoms with E-state index >= 15 is 0 Å². The summed E-state index contributed by atoms with van der Waals surface area (Å²) in [5, 5.41) is 11.7. The predicted molar refractivity (Wildman–Crippen MR) is 109 cm³/mol. The molecular formula is C24H29NO3. The average molecular weight is 380 g/mol. The van der Waals surface area contributed by atoms with Crippen molar-refractivity contribution in [3.8, 4) is 5.75 Å². The lowest BCUT2D eigenvalue weighted by molar-refractivity contribution is -0.169. The molecule has 0 radical (unpaired) electrons. The Morgan fingerprint density at radius 1 is 0.964 bits per heavy atom. The van der Waals surface area contributed by atoms with Crippen LogP contribution in [0.1, 0.15) is 37.7 Å². The van der Waals surface area contributed by atoms with E-state index in [1.54, 1.807) is 12.1 Å². The molecule has 1 heterocycles. The fourth-order valence-corrected chi connectivity index (χ4v) is 4.89. The largest absolute Gasteiger partial charge is 0.424 e. The fourth-order valence-electron chi connectivity index (χ4n) is 4.89. The van der Waals surface area contributed by atoms with Crippen LogP contribution in [0.4, 0.5) is 0 Å². The maximum atomic E-state index is 13.2. The number of benzene rings is 2. The molecule has 2 atom stereocenters. The van der Waals surface area contributed by atoms with Crippen LogP contribution in [0, 0.1) is 11.8 Å². The Morgan fingerprint density at radius 3 is 2.29 bits per heavy atom. The van der Waals surface area contributed by atoms with E-state index in [0.717, 1.165) is 51.7 Å². The number of aliphatic hydroxyl groups is 1. The summed E-state index contributed by atoms with van der Waals surface area (Å²) in [5.41, 5.74) is -0.142. The Kier molecular flexibility index (Phi) is 5.79. The van der Waals surface area contributed by atoms with Crippen molar-refractivity contribution in [2.24, 2.45) is 11.8 Å². The standard InChI is InChI=1S/C24H29NO3/c26-23(28-22-13-5-2-6-14-22)24(27,20-11-7-8-12-20)21-15-16-25(18-21)17-19-9-3-1-4-10-19/h1-6,9-10,13-14,20-21,27H,7-8,11-12,15-18H2/t21-,24+/m0/s1. The maximum absolute atomic E-state index is 13.2. The third kappa shape index (κ3) is 3.98. The molecule has 1 N–H and O–H groups in total. The van der Waals surface area contributed by atoms with Gasteiger partial charge in [-0.1, -0.05) is 61.4 Å². The van der Waals surface area contributed by atoms with Crippen LogP contribution in [-0.2, 0) is 11.3 Å². The number of ether oxygens (including phenoxy) is 1. The molecule has 2 aliphatic rings. The van der Waals surface area contributed by atoms with Gasteiger partial charge < -0.3 is 9.84 Å². The van der Waals surface area contributed by atoms with Crippen LogP contribution in [0.3, 0.4) is 0 Å². The monoisotopic (exact) mass is 379 g/mol. The van der Waals surface area contributed by atoms with Gasteiger partial charge in [0.25, 0.3) is 0 Å². The zero-order valence-electron chi connectivity index (χ0n) is 16.3. The van der Waals surface area contributed by atoms with E-state index in [-0.39, 0.29) is 11.8 Å². The van der Waals surface area contributed by atoms with Crippen LogP contribution < -0.4 is 4.74 Å². The number of likely N-dealkylation sites (tertiary alicyclic amines) is 1. The van der Waals surface area contributed by atoms with Gasteiger partial charge in [-0.2, -0.15) is 0 Å². The lowest BCUT2D eigenvalue weighted by Crippen LogP contribution is -2.54. The molecule has 1 saturated heterocycles. The summed E-state index contributed by atoms with van der Waals surface area (Å²) in [4.78, 5) is 15.5. The minimum absolute atomic E-state index is 0.00890. The van der Waals surface area contributed by atoms with E-state index in [1.165, 1.54) is 5.56 Å². The van der Waals surface area contributed by atoms with Crippen molar-refractivity contribution in [2.75, 3.05) is 13.1 Å². The molecule has 4 heteroatoms. The molecule has 0 aromatic heterocycles. The molecule has 2 aromatic carbocycles. The van der Waals surface area contributed by atoms with E-state index < -0.39 is 11.6 Å². The molecule has 4 rings (SSSR count). The summed E-state index contributed by atoms with van der Waals surface area (Å²) in [6, 6.07) is 19.5. The Balaban J connectivity index is 1.50. The third-order valence-corrected chi connectivity index (χ3v) is 6.40. The molecule has 1 aliphatic heterocycles. The quantitative estimate of drug-likeness (QED) is 0.608. The van der Waals surface area contributed by atoms with Crippen molar-refractivity contribution in [1.82, 2.24) is 4.90 Å². The summed E-state index contributed by atoms with van der Waals surface area (Å²) < 4.78 is 5.65. The fraction of sp³-hybridized carbons (Fsp3) is 0.458. The second kappa shape index (κ2) is 8.46. The van der Waals surface area contributed by atoms with Gasteiger partial charge in [-0.25, -0.2) is 4.79 Å². The summed E-state index contributed by atoms with van der Waals surface area (Å²) in [6.45, 7) is 2.48. The number of rotatable bonds is 6. The van der Waals surface area contributed by atoms with E-state index in [0.29, 0.717) is 5.75 Å². The number of nitrogens with zero attached hydrogens (tertiary/aromatic N) is 1. The topological polar surface area (TPSA) is 49.8 Å². The molecule has 2 fully saturated rings. The molecule has 0 amide bonds. The Bertz CT molecular complexity index is 773. The second-order valence-corrected chi connectivity index (χ2v) is 8.22. The highest BCUT2D eigenvalue weighted by Gasteiger charge is 2.53. The summed E-state index contributed by atoms with van der Waals surface area (Å²) in [5.74, 6) is -0.0684. The van der Waals surface area contributed by atoms with E-state index in [2.05, 4.69) is 29.2 Å². The molecule has 28 heavy (non-hydrogen) atoms. The molecular weight excluding hydrogens is 350 g/mol. The van der Waals surface area contributed by atoms with Crippen LogP contribution in [0.15, 0.2) is 60.7 Å². The summed E-state index contributed by atoms with van der Waals surface area (Å²) >= 11 is 0. The second-order valence-electron chi connectivity index (χ2n) is 8.22. The highest BCUT2D eigenvalue weighted by molar-refractivity contribution is 5.82. The number of esters is 1.